The van der Waals surface area contributed by atoms with E-state index in [0.29, 0.717) is 24.6 Å². The highest BCUT2D eigenvalue weighted by molar-refractivity contribution is 5.92. The first-order valence-corrected chi connectivity index (χ1v) is 8.22. The Morgan fingerprint density at radius 3 is 2.52 bits per heavy atom. The van der Waals surface area contributed by atoms with Crippen LogP contribution in [-0.2, 0) is 6.54 Å². The molecule has 0 radical (unpaired) electrons. The van der Waals surface area contributed by atoms with Crippen molar-refractivity contribution in [3.8, 4) is 0 Å². The van der Waals surface area contributed by atoms with Crippen molar-refractivity contribution < 1.29 is 4.79 Å². The molecule has 2 aromatic carbocycles. The SMILES string of the molecule is Nc1cnc(C(=O)N2Cc3ccccc3C(c3ccccc3)C2)cn1. The molecule has 1 aromatic heterocycles. The summed E-state index contributed by atoms with van der Waals surface area (Å²) in [6, 6.07) is 18.6. The van der Waals surface area contributed by atoms with Crippen LogP contribution in [0.3, 0.4) is 0 Å². The minimum atomic E-state index is -0.122. The van der Waals surface area contributed by atoms with Crippen molar-refractivity contribution in [3.63, 3.8) is 0 Å². The Bertz CT molecular complexity index is 893. The highest BCUT2D eigenvalue weighted by atomic mass is 16.2. The topological polar surface area (TPSA) is 72.1 Å². The number of anilines is 1. The number of carbonyl (C=O) groups is 1. The number of fused-ring (bicyclic) bond motifs is 1. The van der Waals surface area contributed by atoms with Crippen LogP contribution in [0, 0.1) is 0 Å². The number of nitrogen functional groups attached to an aromatic ring is 1. The zero-order valence-electron chi connectivity index (χ0n) is 13.7. The molecule has 1 unspecified atom stereocenters. The van der Waals surface area contributed by atoms with Gasteiger partial charge in [-0.1, -0.05) is 54.6 Å². The smallest absolute Gasteiger partial charge is 0.274 e. The summed E-state index contributed by atoms with van der Waals surface area (Å²) in [5.74, 6) is 0.336. The third-order valence-corrected chi connectivity index (χ3v) is 4.57. The van der Waals surface area contributed by atoms with Gasteiger partial charge in [0.15, 0.2) is 0 Å². The lowest BCUT2D eigenvalue weighted by atomic mass is 9.84. The number of benzene rings is 2. The summed E-state index contributed by atoms with van der Waals surface area (Å²) < 4.78 is 0. The molecule has 1 amide bonds. The van der Waals surface area contributed by atoms with Crippen LogP contribution in [0.2, 0.25) is 0 Å². The molecule has 0 fully saturated rings. The molecule has 2 N–H and O–H groups in total. The van der Waals surface area contributed by atoms with Gasteiger partial charge in [-0.3, -0.25) is 4.79 Å². The van der Waals surface area contributed by atoms with E-state index >= 15 is 0 Å². The van der Waals surface area contributed by atoms with E-state index in [4.69, 9.17) is 5.73 Å². The molecule has 1 atom stereocenters. The molecule has 0 saturated heterocycles. The van der Waals surface area contributed by atoms with E-state index in [1.807, 2.05) is 29.2 Å². The van der Waals surface area contributed by atoms with Crippen LogP contribution in [0.4, 0.5) is 5.82 Å². The second-order valence-corrected chi connectivity index (χ2v) is 6.17. The van der Waals surface area contributed by atoms with Gasteiger partial charge >= 0.3 is 0 Å². The molecule has 5 heteroatoms. The van der Waals surface area contributed by atoms with Crippen molar-refractivity contribution in [2.75, 3.05) is 12.3 Å². The number of rotatable bonds is 2. The Balaban J connectivity index is 1.70. The van der Waals surface area contributed by atoms with Gasteiger partial charge in [0.05, 0.1) is 12.4 Å². The van der Waals surface area contributed by atoms with E-state index < -0.39 is 0 Å². The van der Waals surface area contributed by atoms with Gasteiger partial charge in [-0.05, 0) is 16.7 Å². The number of carbonyl (C=O) groups excluding carboxylic acids is 1. The van der Waals surface area contributed by atoms with Gasteiger partial charge in [-0.25, -0.2) is 9.97 Å². The fraction of sp³-hybridized carbons (Fsp3) is 0.150. The molecule has 124 valence electrons. The Morgan fingerprint density at radius 1 is 1.00 bits per heavy atom. The van der Waals surface area contributed by atoms with Crippen molar-refractivity contribution in [3.05, 3.63) is 89.4 Å². The predicted octanol–water partition coefficient (Wildman–Crippen LogP) is 2.85. The van der Waals surface area contributed by atoms with Gasteiger partial charge in [0.2, 0.25) is 0 Å². The first kappa shape index (κ1) is 15.3. The Kier molecular flexibility index (Phi) is 3.90. The zero-order chi connectivity index (χ0) is 17.2. The van der Waals surface area contributed by atoms with Crippen LogP contribution in [0.5, 0.6) is 0 Å². The summed E-state index contributed by atoms with van der Waals surface area (Å²) in [7, 11) is 0. The monoisotopic (exact) mass is 330 g/mol. The maximum Gasteiger partial charge on any atom is 0.274 e. The number of nitrogens with two attached hydrogens (primary N) is 1. The van der Waals surface area contributed by atoms with Crippen molar-refractivity contribution in [1.82, 2.24) is 14.9 Å². The van der Waals surface area contributed by atoms with E-state index in [-0.39, 0.29) is 11.8 Å². The summed E-state index contributed by atoms with van der Waals surface area (Å²) >= 11 is 0. The number of aromatic nitrogens is 2. The van der Waals surface area contributed by atoms with Crippen molar-refractivity contribution in [1.29, 1.82) is 0 Å². The first-order valence-electron chi connectivity index (χ1n) is 8.22. The average Bonchev–Trinajstić information content (AvgIpc) is 2.68. The Morgan fingerprint density at radius 2 is 1.76 bits per heavy atom. The van der Waals surface area contributed by atoms with Crippen LogP contribution in [-0.4, -0.2) is 27.3 Å². The highest BCUT2D eigenvalue weighted by Crippen LogP contribution is 2.33. The molecule has 0 aliphatic carbocycles. The molecular formula is C20H18N4O. The van der Waals surface area contributed by atoms with Gasteiger partial charge in [0.25, 0.3) is 5.91 Å². The summed E-state index contributed by atoms with van der Waals surface area (Å²) in [5.41, 5.74) is 9.54. The van der Waals surface area contributed by atoms with Gasteiger partial charge in [0.1, 0.15) is 11.5 Å². The normalized spacial score (nSPS) is 16.3. The molecule has 0 bridgehead atoms. The lowest BCUT2D eigenvalue weighted by Gasteiger charge is -2.35. The minimum Gasteiger partial charge on any atom is -0.382 e. The van der Waals surface area contributed by atoms with Crippen molar-refractivity contribution >= 4 is 11.7 Å². The number of amides is 1. The quantitative estimate of drug-likeness (QED) is 0.784. The van der Waals surface area contributed by atoms with E-state index in [1.54, 1.807) is 0 Å². The highest BCUT2D eigenvalue weighted by Gasteiger charge is 2.30. The summed E-state index contributed by atoms with van der Waals surface area (Å²) in [6.07, 6.45) is 2.86. The molecule has 1 aliphatic rings. The van der Waals surface area contributed by atoms with Gasteiger partial charge in [-0.15, -0.1) is 0 Å². The fourth-order valence-corrected chi connectivity index (χ4v) is 3.34. The van der Waals surface area contributed by atoms with Gasteiger partial charge in [-0.2, -0.15) is 0 Å². The molecule has 2 heterocycles. The van der Waals surface area contributed by atoms with Crippen LogP contribution in [0.25, 0.3) is 0 Å². The van der Waals surface area contributed by atoms with Crippen LogP contribution >= 0.6 is 0 Å². The third-order valence-electron chi connectivity index (χ3n) is 4.57. The summed E-state index contributed by atoms with van der Waals surface area (Å²) in [4.78, 5) is 22.8. The van der Waals surface area contributed by atoms with Crippen LogP contribution < -0.4 is 5.73 Å². The van der Waals surface area contributed by atoms with Crippen LogP contribution in [0.1, 0.15) is 33.1 Å². The number of hydrogen-bond acceptors (Lipinski definition) is 4. The lowest BCUT2D eigenvalue weighted by molar-refractivity contribution is 0.0718. The maximum absolute atomic E-state index is 12.9. The molecule has 3 aromatic rings. The number of nitrogens with zero attached hydrogens (tertiary/aromatic N) is 3. The molecule has 4 rings (SSSR count). The molecule has 1 aliphatic heterocycles. The largest absolute Gasteiger partial charge is 0.382 e. The fourth-order valence-electron chi connectivity index (χ4n) is 3.34. The second kappa shape index (κ2) is 6.36. The standard InChI is InChI=1S/C20H18N4O/c21-19-11-22-18(10-23-19)20(25)24-12-15-8-4-5-9-16(15)17(13-24)14-6-2-1-3-7-14/h1-11,17H,12-13H2,(H2,21,23). The Hall–Kier alpha value is -3.21. The average molecular weight is 330 g/mol. The second-order valence-electron chi connectivity index (χ2n) is 6.17. The van der Waals surface area contributed by atoms with E-state index in [9.17, 15) is 4.79 Å². The first-order chi connectivity index (χ1) is 12.2. The van der Waals surface area contributed by atoms with Crippen molar-refractivity contribution in [2.45, 2.75) is 12.5 Å². The minimum absolute atomic E-state index is 0.122. The molecule has 5 nitrogen and oxygen atoms in total. The van der Waals surface area contributed by atoms with E-state index in [2.05, 4.69) is 40.3 Å². The maximum atomic E-state index is 12.9. The van der Waals surface area contributed by atoms with E-state index in [0.717, 1.165) is 0 Å². The molecule has 0 spiro atoms. The van der Waals surface area contributed by atoms with Crippen LogP contribution in [0.15, 0.2) is 67.0 Å². The van der Waals surface area contributed by atoms with Gasteiger partial charge < -0.3 is 10.6 Å². The number of hydrogen-bond donors (Lipinski definition) is 1. The Labute approximate surface area is 146 Å². The third kappa shape index (κ3) is 2.96. The predicted molar refractivity (Wildman–Crippen MR) is 95.9 cm³/mol. The van der Waals surface area contributed by atoms with Crippen molar-refractivity contribution in [2.24, 2.45) is 0 Å². The molecular weight excluding hydrogens is 312 g/mol. The lowest BCUT2D eigenvalue weighted by Crippen LogP contribution is -2.39. The zero-order valence-corrected chi connectivity index (χ0v) is 13.7. The summed E-state index contributed by atoms with van der Waals surface area (Å²) in [6.45, 7) is 1.19. The van der Waals surface area contributed by atoms with Gasteiger partial charge in [0, 0.05) is 19.0 Å². The summed E-state index contributed by atoms with van der Waals surface area (Å²) in [5, 5.41) is 0. The molecule has 0 saturated carbocycles. The van der Waals surface area contributed by atoms with E-state index in [1.165, 1.54) is 29.1 Å². The molecule has 25 heavy (non-hydrogen) atoms.